The molecule has 1 N–H and O–H groups in total. The number of hydrogen-bond acceptors (Lipinski definition) is 3. The summed E-state index contributed by atoms with van der Waals surface area (Å²) >= 11 is 0. The minimum Gasteiger partial charge on any atom is -0.339 e. The highest BCUT2D eigenvalue weighted by atomic mass is 32.2. The van der Waals surface area contributed by atoms with Crippen molar-refractivity contribution in [3.8, 4) is 0 Å². The molecule has 7 heteroatoms. The van der Waals surface area contributed by atoms with Crippen LogP contribution in [-0.2, 0) is 10.8 Å². The van der Waals surface area contributed by atoms with E-state index in [1.165, 1.54) is 24.3 Å². The molecule has 0 spiro atoms. The lowest BCUT2D eigenvalue weighted by Gasteiger charge is -2.32. The number of halogens is 2. The lowest BCUT2D eigenvalue weighted by molar-refractivity contribution is 0.0706. The standard InChI is InChI=1S/C27H28F2N2O2S/c28-23-10-6-20(7-11-23)26(21-8-12-24(29)13-9-21)34(33)19-16-30-25-14-17-31(18-15-25)27(32)22-4-2-1-3-5-22/h1-13,25-26,30H,14-19H2. The maximum absolute atomic E-state index is 13.4. The fraction of sp³-hybridized carbons (Fsp3) is 0.296. The van der Waals surface area contributed by atoms with Crippen molar-refractivity contribution in [2.24, 2.45) is 0 Å². The lowest BCUT2D eigenvalue weighted by atomic mass is 10.0. The molecule has 4 rings (SSSR count). The second kappa shape index (κ2) is 11.5. The molecule has 1 aliphatic heterocycles. The number of benzene rings is 3. The van der Waals surface area contributed by atoms with Gasteiger partial charge in [-0.25, -0.2) is 8.78 Å². The van der Waals surface area contributed by atoms with Crippen molar-refractivity contribution < 1.29 is 17.8 Å². The van der Waals surface area contributed by atoms with Gasteiger partial charge in [0.15, 0.2) is 0 Å². The van der Waals surface area contributed by atoms with Crippen LogP contribution < -0.4 is 5.32 Å². The minimum absolute atomic E-state index is 0.0570. The number of hydrogen-bond donors (Lipinski definition) is 1. The van der Waals surface area contributed by atoms with Crippen LogP contribution in [0.5, 0.6) is 0 Å². The van der Waals surface area contributed by atoms with E-state index in [1.54, 1.807) is 24.3 Å². The van der Waals surface area contributed by atoms with E-state index in [4.69, 9.17) is 0 Å². The van der Waals surface area contributed by atoms with E-state index in [9.17, 15) is 17.8 Å². The molecule has 34 heavy (non-hydrogen) atoms. The van der Waals surface area contributed by atoms with Gasteiger partial charge in [0.2, 0.25) is 0 Å². The highest BCUT2D eigenvalue weighted by Crippen LogP contribution is 2.29. The summed E-state index contributed by atoms with van der Waals surface area (Å²) in [7, 11) is -1.29. The zero-order valence-corrected chi connectivity index (χ0v) is 19.6. The van der Waals surface area contributed by atoms with Crippen molar-refractivity contribution in [1.29, 1.82) is 0 Å². The average Bonchev–Trinajstić information content (AvgIpc) is 2.87. The molecule has 1 fully saturated rings. The predicted molar refractivity (Wildman–Crippen MR) is 131 cm³/mol. The minimum atomic E-state index is -1.29. The lowest BCUT2D eigenvalue weighted by Crippen LogP contribution is -2.45. The van der Waals surface area contributed by atoms with Crippen LogP contribution in [0.2, 0.25) is 0 Å². The third-order valence-corrected chi connectivity index (χ3v) is 7.82. The molecule has 3 aromatic rings. The normalized spacial score (nSPS) is 15.4. The largest absolute Gasteiger partial charge is 0.339 e. The molecule has 0 radical (unpaired) electrons. The molecule has 0 aromatic heterocycles. The third kappa shape index (κ3) is 6.15. The van der Waals surface area contributed by atoms with Crippen molar-refractivity contribution in [3.05, 3.63) is 107 Å². The fourth-order valence-corrected chi connectivity index (χ4v) is 5.78. The summed E-state index contributed by atoms with van der Waals surface area (Å²) in [4.78, 5) is 14.5. The summed E-state index contributed by atoms with van der Waals surface area (Å²) in [6, 6.07) is 21.5. The topological polar surface area (TPSA) is 49.4 Å². The molecule has 0 aliphatic carbocycles. The van der Waals surface area contributed by atoms with Crippen LogP contribution in [0.15, 0.2) is 78.9 Å². The van der Waals surface area contributed by atoms with Crippen LogP contribution in [0.4, 0.5) is 8.78 Å². The summed E-state index contributed by atoms with van der Waals surface area (Å²) in [5.41, 5.74) is 2.18. The number of nitrogens with zero attached hydrogens (tertiary/aromatic N) is 1. The van der Waals surface area contributed by atoms with Gasteiger partial charge in [-0.15, -0.1) is 0 Å². The molecule has 4 nitrogen and oxygen atoms in total. The molecule has 1 saturated heterocycles. The summed E-state index contributed by atoms with van der Waals surface area (Å²) in [5, 5.41) is 3.01. The molecule has 3 aromatic carbocycles. The number of carbonyl (C=O) groups is 1. The molecule has 0 saturated carbocycles. The van der Waals surface area contributed by atoms with Crippen LogP contribution in [0.1, 0.15) is 39.6 Å². The Morgan fingerprint density at radius 1 is 0.882 bits per heavy atom. The third-order valence-electron chi connectivity index (χ3n) is 6.15. The van der Waals surface area contributed by atoms with Gasteiger partial charge >= 0.3 is 0 Å². The van der Waals surface area contributed by atoms with E-state index < -0.39 is 16.0 Å². The number of carbonyl (C=O) groups excluding carboxylic acids is 1. The Kier molecular flexibility index (Phi) is 8.19. The van der Waals surface area contributed by atoms with Crippen LogP contribution in [0, 0.1) is 11.6 Å². The number of piperidine rings is 1. The Bertz CT molecular complexity index is 1050. The van der Waals surface area contributed by atoms with Gasteiger partial charge in [0, 0.05) is 47.8 Å². The zero-order valence-electron chi connectivity index (χ0n) is 18.8. The summed E-state index contributed by atoms with van der Waals surface area (Å²) in [5.74, 6) is -0.248. The Labute approximate surface area is 201 Å². The van der Waals surface area contributed by atoms with Crippen LogP contribution in [-0.4, -0.2) is 46.4 Å². The first kappa shape index (κ1) is 24.2. The van der Waals surface area contributed by atoms with Gasteiger partial charge in [0.05, 0.1) is 5.25 Å². The fourth-order valence-electron chi connectivity index (χ4n) is 4.30. The molecular weight excluding hydrogens is 454 g/mol. The van der Waals surface area contributed by atoms with Gasteiger partial charge in [0.1, 0.15) is 11.6 Å². The van der Waals surface area contributed by atoms with E-state index in [-0.39, 0.29) is 23.6 Å². The number of amides is 1. The molecule has 1 amide bonds. The van der Waals surface area contributed by atoms with Gasteiger partial charge < -0.3 is 10.2 Å². The summed E-state index contributed by atoms with van der Waals surface area (Å²) in [6.07, 6.45) is 1.68. The Morgan fingerprint density at radius 2 is 1.41 bits per heavy atom. The molecule has 1 heterocycles. The zero-order chi connectivity index (χ0) is 23.9. The van der Waals surface area contributed by atoms with Crippen molar-refractivity contribution >= 4 is 16.7 Å². The highest BCUT2D eigenvalue weighted by molar-refractivity contribution is 7.85. The summed E-state index contributed by atoms with van der Waals surface area (Å²) < 4.78 is 40.1. The van der Waals surface area contributed by atoms with Gasteiger partial charge in [-0.05, 0) is 60.4 Å². The first-order chi connectivity index (χ1) is 16.5. The Balaban J connectivity index is 1.31. The van der Waals surface area contributed by atoms with Crippen molar-refractivity contribution in [2.75, 3.05) is 25.4 Å². The molecule has 1 atom stereocenters. The molecule has 1 aliphatic rings. The first-order valence-electron chi connectivity index (χ1n) is 11.5. The van der Waals surface area contributed by atoms with Crippen molar-refractivity contribution in [3.63, 3.8) is 0 Å². The average molecular weight is 483 g/mol. The smallest absolute Gasteiger partial charge is 0.253 e. The molecular formula is C27H28F2N2O2S. The van der Waals surface area contributed by atoms with E-state index in [0.29, 0.717) is 31.0 Å². The maximum atomic E-state index is 13.4. The number of nitrogens with one attached hydrogen (secondary N) is 1. The number of likely N-dealkylation sites (tertiary alicyclic amines) is 1. The Morgan fingerprint density at radius 3 is 1.94 bits per heavy atom. The van der Waals surface area contributed by atoms with Gasteiger partial charge in [-0.1, -0.05) is 42.5 Å². The van der Waals surface area contributed by atoms with E-state index >= 15 is 0 Å². The van der Waals surface area contributed by atoms with Gasteiger partial charge in [-0.3, -0.25) is 9.00 Å². The van der Waals surface area contributed by atoms with E-state index in [0.717, 1.165) is 24.0 Å². The van der Waals surface area contributed by atoms with E-state index in [2.05, 4.69) is 5.32 Å². The quantitative estimate of drug-likeness (QED) is 0.507. The van der Waals surface area contributed by atoms with Crippen LogP contribution in [0.25, 0.3) is 0 Å². The Hall–Kier alpha value is -2.90. The molecule has 1 unspecified atom stereocenters. The van der Waals surface area contributed by atoms with Crippen molar-refractivity contribution in [1.82, 2.24) is 10.2 Å². The molecule has 0 bridgehead atoms. The monoisotopic (exact) mass is 482 g/mol. The van der Waals surface area contributed by atoms with Crippen LogP contribution in [0.3, 0.4) is 0 Å². The van der Waals surface area contributed by atoms with Crippen LogP contribution >= 0.6 is 0 Å². The summed E-state index contributed by atoms with van der Waals surface area (Å²) in [6.45, 7) is 1.92. The van der Waals surface area contributed by atoms with Gasteiger partial charge in [0.25, 0.3) is 5.91 Å². The highest BCUT2D eigenvalue weighted by Gasteiger charge is 2.25. The second-order valence-corrected chi connectivity index (χ2v) is 10.1. The maximum Gasteiger partial charge on any atom is 0.253 e. The van der Waals surface area contributed by atoms with Crippen molar-refractivity contribution in [2.45, 2.75) is 24.1 Å². The SMILES string of the molecule is O=C(c1ccccc1)N1CCC(NCCS(=O)C(c2ccc(F)cc2)c2ccc(F)cc2)CC1. The van der Waals surface area contributed by atoms with Gasteiger partial charge in [-0.2, -0.15) is 0 Å². The second-order valence-electron chi connectivity index (χ2n) is 8.45. The predicted octanol–water partition coefficient (Wildman–Crippen LogP) is 4.70. The van der Waals surface area contributed by atoms with E-state index in [1.807, 2.05) is 35.2 Å². The molecule has 178 valence electrons. The first-order valence-corrected chi connectivity index (χ1v) is 12.9. The number of rotatable bonds is 8.